The molecule has 1 N–H and O–H groups in total. The molecule has 0 unspecified atom stereocenters. The van der Waals surface area contributed by atoms with Gasteiger partial charge in [0.25, 0.3) is 0 Å². The molecule has 1 fully saturated rings. The summed E-state index contributed by atoms with van der Waals surface area (Å²) in [6, 6.07) is 18.2. The van der Waals surface area contributed by atoms with Gasteiger partial charge < -0.3 is 29.3 Å². The first kappa shape index (κ1) is 29.9. The summed E-state index contributed by atoms with van der Waals surface area (Å²) in [5, 5.41) is 11.9. The van der Waals surface area contributed by atoms with Crippen LogP contribution in [0.15, 0.2) is 54.6 Å². The number of urea groups is 1. The highest BCUT2D eigenvalue weighted by atomic mass is 32.1. The molecule has 0 aliphatic carbocycles. The Balaban J connectivity index is 1.50. The van der Waals surface area contributed by atoms with E-state index >= 15 is 0 Å². The minimum Gasteiger partial charge on any atom is -0.493 e. The fourth-order valence-electron chi connectivity index (χ4n) is 4.70. The number of nitrogens with one attached hydrogen (secondary N) is 1. The van der Waals surface area contributed by atoms with Crippen LogP contribution in [0.2, 0.25) is 0 Å². The molecule has 2 heterocycles. The number of aryl methyl sites for hydroxylation is 1. The second-order valence-corrected chi connectivity index (χ2v) is 11.3. The molecule has 4 rings (SSSR count). The van der Waals surface area contributed by atoms with Crippen molar-refractivity contribution >= 4 is 29.0 Å². The molecule has 1 saturated heterocycles. The van der Waals surface area contributed by atoms with Gasteiger partial charge in [-0.25, -0.2) is 4.79 Å². The molecule has 0 bridgehead atoms. The minimum absolute atomic E-state index is 0.0851. The van der Waals surface area contributed by atoms with Gasteiger partial charge in [-0.3, -0.25) is 4.79 Å². The number of carbonyl (C=O) groups excluding carboxylic acids is 2. The van der Waals surface area contributed by atoms with Crippen LogP contribution in [0.5, 0.6) is 11.5 Å². The number of methoxy groups -OCH3 is 2. The lowest BCUT2D eigenvalue weighted by Crippen LogP contribution is -2.47. The first-order valence-electron chi connectivity index (χ1n) is 13.6. The average Bonchev–Trinajstić information content (AvgIpc) is 3.66. The van der Waals surface area contributed by atoms with E-state index in [1.807, 2.05) is 37.3 Å². The summed E-state index contributed by atoms with van der Waals surface area (Å²) >= 11 is 1.66. The largest absolute Gasteiger partial charge is 0.493 e. The number of hydrogen-bond acceptors (Lipinski definition) is 7. The summed E-state index contributed by atoms with van der Waals surface area (Å²) in [6.07, 6.45) is 2.26. The lowest BCUT2D eigenvalue weighted by Gasteiger charge is -2.29. The van der Waals surface area contributed by atoms with E-state index in [2.05, 4.69) is 11.4 Å². The van der Waals surface area contributed by atoms with Crippen molar-refractivity contribution in [2.75, 3.05) is 45.8 Å². The van der Waals surface area contributed by atoms with Crippen molar-refractivity contribution in [2.24, 2.45) is 0 Å². The van der Waals surface area contributed by atoms with E-state index in [0.717, 1.165) is 23.3 Å². The normalized spacial score (nSPS) is 14.2. The summed E-state index contributed by atoms with van der Waals surface area (Å²) in [7, 11) is 3.20. The van der Waals surface area contributed by atoms with Crippen molar-refractivity contribution in [3.63, 3.8) is 0 Å². The van der Waals surface area contributed by atoms with Gasteiger partial charge >= 0.3 is 6.03 Å². The Morgan fingerprint density at radius 1 is 1.07 bits per heavy atom. The van der Waals surface area contributed by atoms with Crippen LogP contribution >= 0.6 is 11.3 Å². The first-order valence-corrected chi connectivity index (χ1v) is 14.4. The zero-order valence-electron chi connectivity index (χ0n) is 23.7. The third kappa shape index (κ3) is 8.46. The van der Waals surface area contributed by atoms with Crippen LogP contribution in [0.3, 0.4) is 0 Å². The monoisotopic (exact) mass is 576 g/mol. The van der Waals surface area contributed by atoms with Crippen LogP contribution in [-0.4, -0.2) is 68.3 Å². The Bertz CT molecular complexity index is 1360. The maximum Gasteiger partial charge on any atom is 0.322 e. The van der Waals surface area contributed by atoms with Gasteiger partial charge in [-0.15, -0.1) is 11.3 Å². The van der Waals surface area contributed by atoms with Crippen molar-refractivity contribution in [3.8, 4) is 17.6 Å². The van der Waals surface area contributed by atoms with E-state index < -0.39 is 0 Å². The highest BCUT2D eigenvalue weighted by Crippen LogP contribution is 2.28. The van der Waals surface area contributed by atoms with E-state index in [-0.39, 0.29) is 24.6 Å². The molecule has 0 saturated carbocycles. The molecule has 9 nitrogen and oxygen atoms in total. The molecule has 3 aromatic rings. The van der Waals surface area contributed by atoms with Crippen LogP contribution in [0.4, 0.5) is 10.5 Å². The number of thiophene rings is 1. The summed E-state index contributed by atoms with van der Waals surface area (Å²) < 4.78 is 16.6. The molecular weight excluding hydrogens is 540 g/mol. The average molecular weight is 577 g/mol. The van der Waals surface area contributed by atoms with Gasteiger partial charge in [-0.2, -0.15) is 5.26 Å². The number of anilines is 1. The Labute approximate surface area is 245 Å². The van der Waals surface area contributed by atoms with Gasteiger partial charge in [0.05, 0.1) is 38.5 Å². The zero-order chi connectivity index (χ0) is 29.2. The van der Waals surface area contributed by atoms with Crippen molar-refractivity contribution in [1.29, 1.82) is 5.26 Å². The Hall–Kier alpha value is -4.07. The Morgan fingerprint density at radius 3 is 2.49 bits per heavy atom. The summed E-state index contributed by atoms with van der Waals surface area (Å²) in [5.74, 6) is 1.14. The number of nitriles is 1. The predicted octanol–water partition coefficient (Wildman–Crippen LogP) is 5.23. The number of carbonyl (C=O) groups is 2. The third-order valence-electron chi connectivity index (χ3n) is 6.94. The first-order chi connectivity index (χ1) is 19.9. The SMILES string of the molecule is COc1ccc(CCN(Cc2ccc(C)s2)C(=O)CN(C[C@@H]2CCCO2)C(=O)Nc2ccc(C#N)cc2)cc1OC. The molecule has 0 spiro atoms. The van der Waals surface area contributed by atoms with Crippen LogP contribution in [0.1, 0.15) is 33.7 Å². The number of hydrogen-bond donors (Lipinski definition) is 1. The third-order valence-corrected chi connectivity index (χ3v) is 7.93. The van der Waals surface area contributed by atoms with Crippen LogP contribution in [0.25, 0.3) is 0 Å². The summed E-state index contributed by atoms with van der Waals surface area (Å²) in [4.78, 5) is 32.8. The molecule has 2 aromatic carbocycles. The molecule has 3 amide bonds. The second kappa shape index (κ2) is 14.5. The molecule has 216 valence electrons. The molecule has 1 atom stereocenters. The lowest BCUT2D eigenvalue weighted by atomic mass is 10.1. The van der Waals surface area contributed by atoms with Gasteiger partial charge in [0.15, 0.2) is 11.5 Å². The quantitative estimate of drug-likeness (QED) is 0.317. The standard InChI is InChI=1S/C31H36N4O5S/c1-22-6-12-27(41-22)20-34(15-14-23-9-13-28(38-2)29(17-23)39-3)30(36)21-35(19-26-5-4-16-40-26)31(37)33-25-10-7-24(18-32)8-11-25/h6-13,17,26H,4-5,14-16,19-21H2,1-3H3,(H,33,37)/t26-/m0/s1. The Morgan fingerprint density at radius 2 is 1.85 bits per heavy atom. The number of ether oxygens (including phenoxy) is 3. The molecule has 0 radical (unpaired) electrons. The maximum absolute atomic E-state index is 13.8. The van der Waals surface area contributed by atoms with Gasteiger partial charge in [-0.05, 0) is 80.3 Å². The van der Waals surface area contributed by atoms with Crippen LogP contribution < -0.4 is 14.8 Å². The van der Waals surface area contributed by atoms with Crippen molar-refractivity contribution < 1.29 is 23.8 Å². The van der Waals surface area contributed by atoms with Crippen LogP contribution in [-0.2, 0) is 22.5 Å². The predicted molar refractivity (Wildman–Crippen MR) is 158 cm³/mol. The number of benzene rings is 2. The highest BCUT2D eigenvalue weighted by Gasteiger charge is 2.27. The van der Waals surface area contributed by atoms with E-state index in [9.17, 15) is 9.59 Å². The second-order valence-electron chi connectivity index (χ2n) is 9.90. The number of amides is 3. The number of nitrogens with zero attached hydrogens (tertiary/aromatic N) is 3. The molecule has 10 heteroatoms. The molecule has 1 aliphatic rings. The fourth-order valence-corrected chi connectivity index (χ4v) is 5.60. The van der Waals surface area contributed by atoms with E-state index in [1.165, 1.54) is 9.78 Å². The van der Waals surface area contributed by atoms with Crippen molar-refractivity contribution in [3.05, 3.63) is 75.5 Å². The summed E-state index contributed by atoms with van der Waals surface area (Å²) in [6.45, 7) is 3.85. The number of rotatable bonds is 12. The minimum atomic E-state index is -0.384. The van der Waals surface area contributed by atoms with Crippen molar-refractivity contribution in [2.45, 2.75) is 38.8 Å². The molecule has 1 aromatic heterocycles. The van der Waals surface area contributed by atoms with E-state index in [1.54, 1.807) is 54.7 Å². The van der Waals surface area contributed by atoms with E-state index in [0.29, 0.717) is 55.4 Å². The topological polar surface area (TPSA) is 104 Å². The Kier molecular flexibility index (Phi) is 10.6. The van der Waals surface area contributed by atoms with Gasteiger partial charge in [0, 0.05) is 35.1 Å². The lowest BCUT2D eigenvalue weighted by molar-refractivity contribution is -0.132. The smallest absolute Gasteiger partial charge is 0.322 e. The van der Waals surface area contributed by atoms with Gasteiger partial charge in [0.2, 0.25) is 5.91 Å². The summed E-state index contributed by atoms with van der Waals surface area (Å²) in [5.41, 5.74) is 2.07. The fraction of sp³-hybridized carbons (Fsp3) is 0.387. The maximum atomic E-state index is 13.8. The molecule has 41 heavy (non-hydrogen) atoms. The molecular formula is C31H36N4O5S. The highest BCUT2D eigenvalue weighted by molar-refractivity contribution is 7.11. The zero-order valence-corrected chi connectivity index (χ0v) is 24.5. The van der Waals surface area contributed by atoms with Crippen molar-refractivity contribution in [1.82, 2.24) is 9.80 Å². The van der Waals surface area contributed by atoms with E-state index in [4.69, 9.17) is 19.5 Å². The molecule has 1 aliphatic heterocycles. The van der Waals surface area contributed by atoms with Gasteiger partial charge in [-0.1, -0.05) is 6.07 Å². The van der Waals surface area contributed by atoms with Gasteiger partial charge in [0.1, 0.15) is 6.54 Å². The van der Waals surface area contributed by atoms with Crippen LogP contribution in [0, 0.1) is 18.3 Å².